The predicted molar refractivity (Wildman–Crippen MR) is 140 cm³/mol. The van der Waals surface area contributed by atoms with Crippen molar-refractivity contribution in [1.29, 1.82) is 0 Å². The number of phenolic OH excluding ortho intramolecular Hbond substituents is 1. The van der Waals surface area contributed by atoms with Crippen LogP contribution in [0.15, 0.2) is 63.8 Å². The van der Waals surface area contributed by atoms with Crippen LogP contribution in [0.4, 0.5) is 5.69 Å². The molecule has 4 rings (SSSR count). The van der Waals surface area contributed by atoms with Crippen LogP contribution in [0.3, 0.4) is 0 Å². The number of nitrogens with one attached hydrogen (secondary N) is 2. The molecule has 2 aliphatic rings. The summed E-state index contributed by atoms with van der Waals surface area (Å²) in [6.45, 7) is 1.35. The van der Waals surface area contributed by atoms with Gasteiger partial charge in [-0.2, -0.15) is 0 Å². The number of aromatic hydroxyl groups is 1. The Hall–Kier alpha value is -3.95. The minimum atomic E-state index is -1.12. The second kappa shape index (κ2) is 10.5. The molecule has 6 N–H and O–H groups in total. The fourth-order valence-electron chi connectivity index (χ4n) is 3.99. The normalized spacial score (nSPS) is 11.0. The van der Waals surface area contributed by atoms with Gasteiger partial charge in [0.1, 0.15) is 17.1 Å². The number of fused-ring (bicyclic) bond motifs is 2. The topological polar surface area (TPSA) is 138 Å². The van der Waals surface area contributed by atoms with Gasteiger partial charge in [-0.05, 0) is 73.6 Å². The smallest absolute Gasteiger partial charge is 0.336 e. The maximum atomic E-state index is 12.3. The fraction of sp³-hybridized carbons (Fsp3) is 0.192. The molecule has 2 aromatic rings. The first kappa shape index (κ1) is 24.2. The number of aromatic carboxylic acids is 1. The van der Waals surface area contributed by atoms with Crippen LogP contribution in [0.2, 0.25) is 0 Å². The lowest BCUT2D eigenvalue weighted by molar-refractivity contribution is 0.0697. The van der Waals surface area contributed by atoms with Gasteiger partial charge in [-0.1, -0.05) is 12.5 Å². The second-order valence-electron chi connectivity index (χ2n) is 8.11. The first-order valence-corrected chi connectivity index (χ1v) is 11.6. The lowest BCUT2D eigenvalue weighted by Gasteiger charge is -2.18. The third-order valence-corrected chi connectivity index (χ3v) is 5.87. The number of thiocarbonyl (C=S) groups is 1. The molecule has 2 aromatic carbocycles. The molecule has 0 aromatic heterocycles. The lowest BCUT2D eigenvalue weighted by atomic mass is 9.90. The monoisotopic (exact) mass is 491 g/mol. The van der Waals surface area contributed by atoms with E-state index in [-0.39, 0.29) is 16.7 Å². The Morgan fingerprint density at radius 1 is 1.00 bits per heavy atom. The van der Waals surface area contributed by atoms with Crippen LogP contribution in [0.25, 0.3) is 33.4 Å². The molecule has 0 unspecified atom stereocenters. The van der Waals surface area contributed by atoms with Crippen LogP contribution < -0.4 is 21.8 Å². The Balaban J connectivity index is 1.74. The molecular formula is C26H25N3O5S. The molecule has 8 nitrogen and oxygen atoms in total. The van der Waals surface area contributed by atoms with E-state index in [1.165, 1.54) is 30.3 Å². The highest BCUT2D eigenvalue weighted by molar-refractivity contribution is 7.80. The molecule has 0 saturated carbocycles. The number of anilines is 1. The van der Waals surface area contributed by atoms with Crippen molar-refractivity contribution in [3.05, 3.63) is 70.4 Å². The van der Waals surface area contributed by atoms with Crippen molar-refractivity contribution < 1.29 is 19.4 Å². The van der Waals surface area contributed by atoms with Gasteiger partial charge in [-0.3, -0.25) is 4.79 Å². The average Bonchev–Trinajstić information content (AvgIpc) is 2.82. The van der Waals surface area contributed by atoms with Crippen molar-refractivity contribution in [2.45, 2.75) is 19.3 Å². The van der Waals surface area contributed by atoms with Crippen molar-refractivity contribution in [3.63, 3.8) is 0 Å². The van der Waals surface area contributed by atoms with Gasteiger partial charge in [0.05, 0.1) is 5.56 Å². The van der Waals surface area contributed by atoms with Crippen molar-refractivity contribution in [1.82, 2.24) is 5.32 Å². The van der Waals surface area contributed by atoms with Crippen LogP contribution in [0, 0.1) is 0 Å². The minimum absolute atomic E-state index is 0.00752. The van der Waals surface area contributed by atoms with E-state index in [2.05, 4.69) is 10.6 Å². The highest BCUT2D eigenvalue weighted by atomic mass is 32.1. The molecule has 0 bridgehead atoms. The maximum Gasteiger partial charge on any atom is 0.336 e. The van der Waals surface area contributed by atoms with E-state index in [0.29, 0.717) is 57.3 Å². The van der Waals surface area contributed by atoms with E-state index in [4.69, 9.17) is 22.4 Å². The summed E-state index contributed by atoms with van der Waals surface area (Å²) in [7, 11) is 0. The summed E-state index contributed by atoms with van der Waals surface area (Å²) in [5, 5.41) is 27.1. The molecule has 0 spiro atoms. The Labute approximate surface area is 206 Å². The van der Waals surface area contributed by atoms with E-state index >= 15 is 0 Å². The van der Waals surface area contributed by atoms with Crippen LogP contribution in [-0.4, -0.2) is 34.4 Å². The summed E-state index contributed by atoms with van der Waals surface area (Å²) >= 11 is 5.34. The standard InChI is InChI=1S/C26H25N3O5S/c27-10-2-1-3-11-28-26(35)29-15-4-7-18(21(12-15)25(32)33)24-19-8-5-16(30)13-22(19)34-23-14-17(31)6-9-20(23)24/h4-9,12-14,30H,1-3,10-11,27H2,(H,32,33)(H2,28,29,35). The highest BCUT2D eigenvalue weighted by Gasteiger charge is 2.22. The molecule has 0 radical (unpaired) electrons. The number of hydrogen-bond acceptors (Lipinski definition) is 6. The third-order valence-electron chi connectivity index (χ3n) is 5.62. The fourth-order valence-corrected chi connectivity index (χ4v) is 4.21. The van der Waals surface area contributed by atoms with Crippen molar-refractivity contribution >= 4 is 40.0 Å². The van der Waals surface area contributed by atoms with Crippen molar-refractivity contribution in [2.24, 2.45) is 5.73 Å². The number of carboxylic acids is 1. The maximum absolute atomic E-state index is 12.3. The molecule has 1 aliphatic heterocycles. The number of hydrogen-bond donors (Lipinski definition) is 5. The predicted octanol–water partition coefficient (Wildman–Crippen LogP) is 4.38. The molecular weight excluding hydrogens is 466 g/mol. The largest absolute Gasteiger partial charge is 0.508 e. The van der Waals surface area contributed by atoms with E-state index in [0.717, 1.165) is 19.3 Å². The number of rotatable bonds is 8. The highest BCUT2D eigenvalue weighted by Crippen LogP contribution is 2.42. The van der Waals surface area contributed by atoms with Gasteiger partial charge in [0.25, 0.3) is 0 Å². The zero-order chi connectivity index (χ0) is 24.9. The quantitative estimate of drug-likeness (QED) is 0.138. The van der Waals surface area contributed by atoms with Crippen molar-refractivity contribution in [3.8, 4) is 28.2 Å². The number of carbonyl (C=O) groups is 1. The molecule has 0 amide bonds. The van der Waals surface area contributed by atoms with E-state index in [1.807, 2.05) is 0 Å². The van der Waals surface area contributed by atoms with Gasteiger partial charge in [-0.15, -0.1) is 0 Å². The molecule has 35 heavy (non-hydrogen) atoms. The van der Waals surface area contributed by atoms with Gasteiger partial charge in [0.15, 0.2) is 10.5 Å². The SMILES string of the molecule is NCCCCCNC(=S)Nc1ccc(-c2c3ccc(=O)cc-3oc3cc(O)ccc23)c(C(=O)O)c1. The summed E-state index contributed by atoms with van der Waals surface area (Å²) in [6.07, 6.45) is 2.89. The lowest BCUT2D eigenvalue weighted by Crippen LogP contribution is -2.29. The Morgan fingerprint density at radius 3 is 2.57 bits per heavy atom. The van der Waals surface area contributed by atoms with Gasteiger partial charge in [0.2, 0.25) is 0 Å². The zero-order valence-corrected chi connectivity index (χ0v) is 19.7. The molecule has 0 fully saturated rings. The van der Waals surface area contributed by atoms with Crippen LogP contribution in [-0.2, 0) is 0 Å². The number of carboxylic acid groups (broad SMARTS) is 1. The van der Waals surface area contributed by atoms with E-state index in [9.17, 15) is 19.8 Å². The Bertz CT molecular complexity index is 1430. The van der Waals surface area contributed by atoms with Crippen LogP contribution in [0.5, 0.6) is 5.75 Å². The number of nitrogens with two attached hydrogens (primary N) is 1. The molecule has 0 atom stereocenters. The van der Waals surface area contributed by atoms with E-state index in [1.54, 1.807) is 24.3 Å². The summed E-state index contributed by atoms with van der Waals surface area (Å²) in [4.78, 5) is 24.2. The summed E-state index contributed by atoms with van der Waals surface area (Å²) < 4.78 is 5.86. The molecule has 180 valence electrons. The molecule has 1 aliphatic carbocycles. The molecule has 0 saturated heterocycles. The van der Waals surface area contributed by atoms with E-state index < -0.39 is 5.97 Å². The van der Waals surface area contributed by atoms with Gasteiger partial charge >= 0.3 is 5.97 Å². The average molecular weight is 492 g/mol. The number of phenols is 1. The van der Waals surface area contributed by atoms with Crippen molar-refractivity contribution in [2.75, 3.05) is 18.4 Å². The second-order valence-corrected chi connectivity index (χ2v) is 8.52. The summed E-state index contributed by atoms with van der Waals surface area (Å²) in [6, 6.07) is 13.9. The third kappa shape index (κ3) is 5.42. The van der Waals surface area contributed by atoms with Gasteiger partial charge < -0.3 is 31.0 Å². The summed E-state index contributed by atoms with van der Waals surface area (Å²) in [5.74, 6) is -0.832. The van der Waals surface area contributed by atoms with Gasteiger partial charge in [0, 0.05) is 40.9 Å². The molecule has 1 heterocycles. The Morgan fingerprint density at radius 2 is 1.80 bits per heavy atom. The first-order valence-electron chi connectivity index (χ1n) is 11.2. The number of benzene rings is 3. The Kier molecular flexibility index (Phi) is 7.28. The minimum Gasteiger partial charge on any atom is -0.508 e. The number of unbranched alkanes of at least 4 members (excludes halogenated alkanes) is 2. The first-order chi connectivity index (χ1) is 16.9. The van der Waals surface area contributed by atoms with Crippen LogP contribution in [0.1, 0.15) is 29.6 Å². The molecule has 9 heteroatoms. The zero-order valence-electron chi connectivity index (χ0n) is 18.8. The van der Waals surface area contributed by atoms with Gasteiger partial charge in [-0.25, -0.2) is 4.79 Å². The van der Waals surface area contributed by atoms with Crippen LogP contribution >= 0.6 is 12.2 Å². The summed E-state index contributed by atoms with van der Waals surface area (Å²) in [5.41, 5.74) is 7.78.